The first-order valence-corrected chi connectivity index (χ1v) is 7.54. The molecule has 0 aliphatic carbocycles. The summed E-state index contributed by atoms with van der Waals surface area (Å²) in [7, 11) is 0. The predicted molar refractivity (Wildman–Crippen MR) is 87.5 cm³/mol. The van der Waals surface area contributed by atoms with Gasteiger partial charge in [-0.3, -0.25) is 4.79 Å². The third-order valence-corrected chi connectivity index (χ3v) is 3.74. The van der Waals surface area contributed by atoms with Crippen LogP contribution in [0.15, 0.2) is 30.3 Å². The van der Waals surface area contributed by atoms with Crippen LogP contribution >= 0.6 is 0 Å². The lowest BCUT2D eigenvalue weighted by atomic mass is 10.1. The van der Waals surface area contributed by atoms with Crippen molar-refractivity contribution in [2.75, 3.05) is 13.1 Å². The minimum absolute atomic E-state index is 0.162. The lowest BCUT2D eigenvalue weighted by molar-refractivity contribution is 0.0991. The molecule has 0 atom stereocenters. The summed E-state index contributed by atoms with van der Waals surface area (Å²) >= 11 is 0. The fraction of sp³-hybridized carbons (Fsp3) is 0.389. The molecule has 1 N–H and O–H groups in total. The Labute approximate surface area is 127 Å². The van der Waals surface area contributed by atoms with E-state index in [1.807, 2.05) is 19.9 Å². The van der Waals surface area contributed by atoms with Crippen LogP contribution < -0.4 is 5.32 Å². The first kappa shape index (κ1) is 15.5. The van der Waals surface area contributed by atoms with E-state index >= 15 is 0 Å². The average Bonchev–Trinajstić information content (AvgIpc) is 2.76. The van der Waals surface area contributed by atoms with Gasteiger partial charge in [0.15, 0.2) is 5.78 Å². The van der Waals surface area contributed by atoms with Gasteiger partial charge in [-0.15, -0.1) is 0 Å². The minimum atomic E-state index is 0.162. The molecule has 2 aromatic rings. The summed E-state index contributed by atoms with van der Waals surface area (Å²) < 4.78 is 2.15. The van der Waals surface area contributed by atoms with Gasteiger partial charge in [0.25, 0.3) is 0 Å². The van der Waals surface area contributed by atoms with Crippen molar-refractivity contribution in [3.63, 3.8) is 0 Å². The number of carbonyl (C=O) groups is 1. The minimum Gasteiger partial charge on any atom is -0.318 e. The fourth-order valence-corrected chi connectivity index (χ4v) is 2.61. The summed E-state index contributed by atoms with van der Waals surface area (Å²) in [5, 5.41) is 3.18. The van der Waals surface area contributed by atoms with E-state index in [2.05, 4.69) is 48.0 Å². The lowest BCUT2D eigenvalue weighted by Gasteiger charge is -2.10. The molecule has 0 spiro atoms. The molecule has 0 saturated carbocycles. The second kappa shape index (κ2) is 6.72. The van der Waals surface area contributed by atoms with Crippen LogP contribution in [0.5, 0.6) is 0 Å². The largest absolute Gasteiger partial charge is 0.318 e. The second-order valence-electron chi connectivity index (χ2n) is 5.56. The molecule has 1 aromatic heterocycles. The van der Waals surface area contributed by atoms with Gasteiger partial charge in [-0.05, 0) is 51.9 Å². The number of hydrogen-bond donors (Lipinski definition) is 1. The van der Waals surface area contributed by atoms with Gasteiger partial charge in [0.2, 0.25) is 0 Å². The molecule has 2 rings (SSSR count). The Morgan fingerprint density at radius 1 is 1.14 bits per heavy atom. The molecule has 0 fully saturated rings. The van der Waals surface area contributed by atoms with E-state index in [0.717, 1.165) is 35.6 Å². The van der Waals surface area contributed by atoms with Crippen molar-refractivity contribution in [3.05, 3.63) is 52.8 Å². The van der Waals surface area contributed by atoms with E-state index in [0.29, 0.717) is 6.54 Å². The van der Waals surface area contributed by atoms with Crippen molar-refractivity contribution in [2.24, 2.45) is 0 Å². The SMILES string of the molecule is CCCNCC(=O)c1cc(C)n(-c2ccc(C)cc2)c1C. The maximum Gasteiger partial charge on any atom is 0.178 e. The van der Waals surface area contributed by atoms with Crippen molar-refractivity contribution >= 4 is 5.78 Å². The maximum absolute atomic E-state index is 12.3. The van der Waals surface area contributed by atoms with E-state index in [1.165, 1.54) is 5.56 Å². The number of carbonyl (C=O) groups excluding carboxylic acids is 1. The molecule has 0 bridgehead atoms. The Hall–Kier alpha value is -1.87. The third-order valence-electron chi connectivity index (χ3n) is 3.74. The number of rotatable bonds is 6. The number of hydrogen-bond acceptors (Lipinski definition) is 2. The quantitative estimate of drug-likeness (QED) is 0.650. The third kappa shape index (κ3) is 3.42. The van der Waals surface area contributed by atoms with Crippen molar-refractivity contribution < 1.29 is 4.79 Å². The second-order valence-corrected chi connectivity index (χ2v) is 5.56. The summed E-state index contributed by atoms with van der Waals surface area (Å²) in [6, 6.07) is 10.4. The van der Waals surface area contributed by atoms with Gasteiger partial charge in [-0.25, -0.2) is 0 Å². The Kier molecular flexibility index (Phi) is 4.97. The van der Waals surface area contributed by atoms with Crippen LogP contribution in [0.3, 0.4) is 0 Å². The lowest BCUT2D eigenvalue weighted by Crippen LogP contribution is -2.24. The number of benzene rings is 1. The highest BCUT2D eigenvalue weighted by Crippen LogP contribution is 2.21. The topological polar surface area (TPSA) is 34.0 Å². The van der Waals surface area contributed by atoms with Gasteiger partial charge in [0.05, 0.1) is 6.54 Å². The predicted octanol–water partition coefficient (Wildman–Crippen LogP) is 3.58. The van der Waals surface area contributed by atoms with Gasteiger partial charge in [0.1, 0.15) is 0 Å². The number of nitrogens with one attached hydrogen (secondary N) is 1. The van der Waals surface area contributed by atoms with E-state index < -0.39 is 0 Å². The van der Waals surface area contributed by atoms with Crippen LogP contribution in [0.1, 0.15) is 40.7 Å². The normalized spacial score (nSPS) is 10.9. The molecule has 1 heterocycles. The van der Waals surface area contributed by atoms with Crippen LogP contribution in [-0.4, -0.2) is 23.4 Å². The standard InChI is InChI=1S/C18H24N2O/c1-5-10-19-12-18(21)17-11-14(3)20(15(17)4)16-8-6-13(2)7-9-16/h6-9,11,19H,5,10,12H2,1-4H3. The van der Waals surface area contributed by atoms with Crippen LogP contribution in [0, 0.1) is 20.8 Å². The van der Waals surface area contributed by atoms with Crippen molar-refractivity contribution in [3.8, 4) is 5.69 Å². The molecule has 21 heavy (non-hydrogen) atoms. The summed E-state index contributed by atoms with van der Waals surface area (Å²) in [5.74, 6) is 0.162. The molecular formula is C18H24N2O. The van der Waals surface area contributed by atoms with Gasteiger partial charge in [-0.1, -0.05) is 24.6 Å². The van der Waals surface area contributed by atoms with Gasteiger partial charge in [-0.2, -0.15) is 0 Å². The summed E-state index contributed by atoms with van der Waals surface area (Å²) in [5.41, 5.74) is 5.27. The highest BCUT2D eigenvalue weighted by atomic mass is 16.1. The fourth-order valence-electron chi connectivity index (χ4n) is 2.61. The molecule has 3 nitrogen and oxygen atoms in total. The molecule has 0 aliphatic heterocycles. The monoisotopic (exact) mass is 284 g/mol. The molecule has 0 saturated heterocycles. The first-order chi connectivity index (χ1) is 10.0. The van der Waals surface area contributed by atoms with Crippen LogP contribution in [-0.2, 0) is 0 Å². The van der Waals surface area contributed by atoms with Crippen molar-refractivity contribution in [2.45, 2.75) is 34.1 Å². The summed E-state index contributed by atoms with van der Waals surface area (Å²) in [6.07, 6.45) is 1.04. The zero-order valence-corrected chi connectivity index (χ0v) is 13.4. The highest BCUT2D eigenvalue weighted by Gasteiger charge is 2.16. The van der Waals surface area contributed by atoms with Crippen LogP contribution in [0.4, 0.5) is 0 Å². The number of ketones is 1. The molecule has 0 radical (unpaired) electrons. The van der Waals surface area contributed by atoms with E-state index in [-0.39, 0.29) is 5.78 Å². The summed E-state index contributed by atoms with van der Waals surface area (Å²) in [4.78, 5) is 12.3. The Bertz CT molecular complexity index is 623. The zero-order chi connectivity index (χ0) is 15.4. The Morgan fingerprint density at radius 2 is 1.81 bits per heavy atom. The van der Waals surface area contributed by atoms with Crippen molar-refractivity contribution in [1.82, 2.24) is 9.88 Å². The number of aryl methyl sites for hydroxylation is 2. The van der Waals surface area contributed by atoms with Gasteiger partial charge in [0, 0.05) is 22.6 Å². The number of Topliss-reactive ketones (excluding diaryl/α,β-unsaturated/α-hetero) is 1. The van der Waals surface area contributed by atoms with E-state index in [9.17, 15) is 4.79 Å². The zero-order valence-electron chi connectivity index (χ0n) is 13.4. The highest BCUT2D eigenvalue weighted by molar-refractivity contribution is 5.99. The van der Waals surface area contributed by atoms with Gasteiger partial charge < -0.3 is 9.88 Å². The maximum atomic E-state index is 12.3. The van der Waals surface area contributed by atoms with Crippen LogP contribution in [0.2, 0.25) is 0 Å². The summed E-state index contributed by atoms with van der Waals surface area (Å²) in [6.45, 7) is 9.52. The molecule has 0 aliphatic rings. The average molecular weight is 284 g/mol. The number of aromatic nitrogens is 1. The molecular weight excluding hydrogens is 260 g/mol. The Morgan fingerprint density at radius 3 is 2.43 bits per heavy atom. The molecule has 3 heteroatoms. The van der Waals surface area contributed by atoms with Crippen molar-refractivity contribution in [1.29, 1.82) is 0 Å². The molecule has 1 aromatic carbocycles. The first-order valence-electron chi connectivity index (χ1n) is 7.54. The number of nitrogens with zero attached hydrogens (tertiary/aromatic N) is 1. The molecule has 0 unspecified atom stereocenters. The Balaban J connectivity index is 2.29. The molecule has 0 amide bonds. The van der Waals surface area contributed by atoms with Crippen LogP contribution in [0.25, 0.3) is 5.69 Å². The van der Waals surface area contributed by atoms with E-state index in [1.54, 1.807) is 0 Å². The smallest absolute Gasteiger partial charge is 0.178 e. The van der Waals surface area contributed by atoms with Gasteiger partial charge >= 0.3 is 0 Å². The van der Waals surface area contributed by atoms with E-state index in [4.69, 9.17) is 0 Å². The molecule has 112 valence electrons.